The minimum atomic E-state index is -1.05. The monoisotopic (exact) mass is 339 g/mol. The normalized spacial score (nSPS) is 16.5. The van der Waals surface area contributed by atoms with Gasteiger partial charge in [0.2, 0.25) is 0 Å². The predicted octanol–water partition coefficient (Wildman–Crippen LogP) is 3.55. The van der Waals surface area contributed by atoms with Crippen LogP contribution in [-0.4, -0.2) is 36.5 Å². The van der Waals surface area contributed by atoms with Crippen LogP contribution >= 0.6 is 0 Å². The van der Waals surface area contributed by atoms with Crippen LogP contribution in [0, 0.1) is 17.6 Å². The largest absolute Gasteiger partial charge is 0.469 e. The predicted molar refractivity (Wildman–Crippen MR) is 85.4 cm³/mol. The first-order chi connectivity index (χ1) is 11.4. The maximum absolute atomic E-state index is 13.5. The van der Waals surface area contributed by atoms with Crippen LogP contribution in [-0.2, 0) is 9.53 Å². The number of ether oxygens (including phenoxy) is 1. The van der Waals surface area contributed by atoms with Crippen LogP contribution in [0.15, 0.2) is 18.2 Å². The Hall–Kier alpha value is -1.98. The Balaban J connectivity index is 2.24. The lowest BCUT2D eigenvalue weighted by Crippen LogP contribution is -2.45. The van der Waals surface area contributed by atoms with Crippen molar-refractivity contribution < 1.29 is 23.1 Å². The number of halogens is 2. The molecule has 1 aliphatic rings. The number of carbonyl (C=O) groups excluding carboxylic acids is 2. The first-order valence-electron chi connectivity index (χ1n) is 8.28. The Labute approximate surface area is 140 Å². The molecule has 132 valence electrons. The van der Waals surface area contributed by atoms with Gasteiger partial charge in [-0.3, -0.25) is 9.59 Å². The lowest BCUT2D eigenvalue weighted by atomic mass is 9.93. The molecule has 2 rings (SSSR count). The molecule has 0 aliphatic heterocycles. The van der Waals surface area contributed by atoms with Gasteiger partial charge in [0.1, 0.15) is 0 Å². The molecule has 4 nitrogen and oxygen atoms in total. The number of methoxy groups -OCH3 is 1. The molecule has 1 unspecified atom stereocenters. The zero-order chi connectivity index (χ0) is 17.7. The Morgan fingerprint density at radius 3 is 2.46 bits per heavy atom. The molecular formula is C18H23F2NO3. The Morgan fingerprint density at radius 1 is 1.21 bits per heavy atom. The van der Waals surface area contributed by atoms with Gasteiger partial charge in [0, 0.05) is 18.2 Å². The summed E-state index contributed by atoms with van der Waals surface area (Å²) in [6.07, 6.45) is 4.85. The summed E-state index contributed by atoms with van der Waals surface area (Å²) < 4.78 is 31.3. The number of nitrogens with zero attached hydrogens (tertiary/aromatic N) is 1. The second kappa shape index (κ2) is 8.22. The van der Waals surface area contributed by atoms with Crippen molar-refractivity contribution >= 4 is 11.9 Å². The number of hydrogen-bond donors (Lipinski definition) is 0. The van der Waals surface area contributed by atoms with Crippen molar-refractivity contribution in [2.24, 2.45) is 5.92 Å². The highest BCUT2D eigenvalue weighted by atomic mass is 19.2. The average Bonchev–Trinajstić information content (AvgIpc) is 2.61. The van der Waals surface area contributed by atoms with Gasteiger partial charge in [-0.05, 0) is 31.0 Å². The van der Waals surface area contributed by atoms with Crippen molar-refractivity contribution in [2.75, 3.05) is 13.7 Å². The van der Waals surface area contributed by atoms with Crippen molar-refractivity contribution in [3.8, 4) is 0 Å². The number of carbonyl (C=O) groups is 2. The Bertz CT molecular complexity index is 600. The minimum absolute atomic E-state index is 0.00599. The smallest absolute Gasteiger partial charge is 0.310 e. The van der Waals surface area contributed by atoms with E-state index in [1.165, 1.54) is 13.2 Å². The SMILES string of the molecule is COC(=O)C(C)CN(C(=O)c1ccc(F)c(F)c1)C1CCCCC1. The van der Waals surface area contributed by atoms with Crippen molar-refractivity contribution in [1.29, 1.82) is 0 Å². The van der Waals surface area contributed by atoms with E-state index in [4.69, 9.17) is 4.74 Å². The topological polar surface area (TPSA) is 46.6 Å². The van der Waals surface area contributed by atoms with E-state index in [1.807, 2.05) is 0 Å². The van der Waals surface area contributed by atoms with E-state index in [2.05, 4.69) is 0 Å². The van der Waals surface area contributed by atoms with E-state index in [9.17, 15) is 18.4 Å². The summed E-state index contributed by atoms with van der Waals surface area (Å²) in [6, 6.07) is 3.15. The van der Waals surface area contributed by atoms with E-state index in [-0.39, 0.29) is 24.1 Å². The second-order valence-corrected chi connectivity index (χ2v) is 6.30. The van der Waals surface area contributed by atoms with Crippen LogP contribution in [0.4, 0.5) is 8.78 Å². The molecule has 0 bridgehead atoms. The van der Waals surface area contributed by atoms with Crippen LogP contribution in [0.3, 0.4) is 0 Å². The van der Waals surface area contributed by atoms with E-state index in [0.29, 0.717) is 0 Å². The zero-order valence-corrected chi connectivity index (χ0v) is 14.1. The number of esters is 1. The molecule has 1 atom stereocenters. The van der Waals surface area contributed by atoms with Gasteiger partial charge in [0.15, 0.2) is 11.6 Å². The molecule has 24 heavy (non-hydrogen) atoms. The number of benzene rings is 1. The summed E-state index contributed by atoms with van der Waals surface area (Å²) >= 11 is 0. The van der Waals surface area contributed by atoms with Crippen molar-refractivity contribution in [2.45, 2.75) is 45.1 Å². The number of hydrogen-bond acceptors (Lipinski definition) is 3. The van der Waals surface area contributed by atoms with Crippen LogP contribution in [0.1, 0.15) is 49.4 Å². The highest BCUT2D eigenvalue weighted by Crippen LogP contribution is 2.25. The van der Waals surface area contributed by atoms with Crippen molar-refractivity contribution in [3.05, 3.63) is 35.4 Å². The van der Waals surface area contributed by atoms with Gasteiger partial charge < -0.3 is 9.64 Å². The standard InChI is InChI=1S/C18H23F2NO3/c1-12(18(23)24-2)11-21(14-6-4-3-5-7-14)17(22)13-8-9-15(19)16(20)10-13/h8-10,12,14H,3-7,11H2,1-2H3. The summed E-state index contributed by atoms with van der Waals surface area (Å²) in [6.45, 7) is 1.90. The Kier molecular flexibility index (Phi) is 6.29. The average molecular weight is 339 g/mol. The highest BCUT2D eigenvalue weighted by Gasteiger charge is 2.30. The molecule has 1 amide bonds. The molecule has 1 saturated carbocycles. The Morgan fingerprint density at radius 2 is 1.88 bits per heavy atom. The third-order valence-corrected chi connectivity index (χ3v) is 4.52. The molecular weight excluding hydrogens is 316 g/mol. The van der Waals surface area contributed by atoms with Crippen molar-refractivity contribution in [3.63, 3.8) is 0 Å². The van der Waals surface area contributed by atoms with Gasteiger partial charge >= 0.3 is 5.97 Å². The van der Waals surface area contributed by atoms with Gasteiger partial charge in [-0.2, -0.15) is 0 Å². The van der Waals surface area contributed by atoms with Gasteiger partial charge in [0.05, 0.1) is 13.0 Å². The fraction of sp³-hybridized carbons (Fsp3) is 0.556. The first kappa shape index (κ1) is 18.4. The summed E-state index contributed by atoms with van der Waals surface area (Å²) in [7, 11) is 1.31. The van der Waals surface area contributed by atoms with Gasteiger partial charge in [-0.1, -0.05) is 26.2 Å². The molecule has 0 aromatic heterocycles. The molecule has 1 aliphatic carbocycles. The van der Waals surface area contributed by atoms with Crippen LogP contribution in [0.5, 0.6) is 0 Å². The van der Waals surface area contributed by atoms with Crippen LogP contribution < -0.4 is 0 Å². The number of amides is 1. The van der Waals surface area contributed by atoms with E-state index >= 15 is 0 Å². The maximum Gasteiger partial charge on any atom is 0.310 e. The highest BCUT2D eigenvalue weighted by molar-refractivity contribution is 5.94. The lowest BCUT2D eigenvalue weighted by molar-refractivity contribution is -0.145. The molecule has 1 aromatic rings. The second-order valence-electron chi connectivity index (χ2n) is 6.30. The van der Waals surface area contributed by atoms with Crippen LogP contribution in [0.25, 0.3) is 0 Å². The summed E-state index contributed by atoms with van der Waals surface area (Å²) in [5, 5.41) is 0. The lowest BCUT2D eigenvalue weighted by Gasteiger charge is -2.35. The third-order valence-electron chi connectivity index (χ3n) is 4.52. The molecule has 0 N–H and O–H groups in total. The fourth-order valence-electron chi connectivity index (χ4n) is 3.16. The quantitative estimate of drug-likeness (QED) is 0.771. The van der Waals surface area contributed by atoms with Gasteiger partial charge in [-0.25, -0.2) is 8.78 Å². The molecule has 0 spiro atoms. The molecule has 1 aromatic carbocycles. The molecule has 1 fully saturated rings. The van der Waals surface area contributed by atoms with Crippen molar-refractivity contribution in [1.82, 2.24) is 4.90 Å². The molecule has 6 heteroatoms. The maximum atomic E-state index is 13.5. The summed E-state index contributed by atoms with van der Waals surface area (Å²) in [4.78, 5) is 26.2. The van der Waals surface area contributed by atoms with Gasteiger partial charge in [0.25, 0.3) is 5.91 Å². The first-order valence-corrected chi connectivity index (χ1v) is 8.28. The van der Waals surface area contributed by atoms with E-state index < -0.39 is 23.5 Å². The summed E-state index contributed by atoms with van der Waals surface area (Å²) in [5.74, 6) is -3.29. The molecule has 0 heterocycles. The third kappa shape index (κ3) is 4.30. The molecule has 0 radical (unpaired) electrons. The van der Waals surface area contributed by atoms with E-state index in [1.54, 1.807) is 11.8 Å². The van der Waals surface area contributed by atoms with Crippen LogP contribution in [0.2, 0.25) is 0 Å². The minimum Gasteiger partial charge on any atom is -0.469 e. The zero-order valence-electron chi connectivity index (χ0n) is 14.1. The van der Waals surface area contributed by atoms with E-state index in [0.717, 1.165) is 44.2 Å². The summed E-state index contributed by atoms with van der Waals surface area (Å²) in [5.41, 5.74) is 0.0940. The number of rotatable bonds is 5. The molecule has 0 saturated heterocycles. The fourth-order valence-corrected chi connectivity index (χ4v) is 3.16. The van der Waals surface area contributed by atoms with Gasteiger partial charge in [-0.15, -0.1) is 0 Å².